The fourth-order valence-electron chi connectivity index (χ4n) is 3.34. The maximum atomic E-state index is 12.4. The first-order chi connectivity index (χ1) is 19.8. The number of halogens is 1. The van der Waals surface area contributed by atoms with Crippen LogP contribution in [-0.2, 0) is 19.1 Å². The number of hydrogen-bond donors (Lipinski definition) is 3. The van der Waals surface area contributed by atoms with E-state index in [9.17, 15) is 19.2 Å². The minimum atomic E-state index is -0.598. The van der Waals surface area contributed by atoms with Crippen molar-refractivity contribution in [1.29, 1.82) is 0 Å². The molecule has 0 spiro atoms. The second kappa shape index (κ2) is 15.6. The number of amides is 3. The number of anilines is 2. The lowest BCUT2D eigenvalue weighted by Gasteiger charge is -2.13. The van der Waals surface area contributed by atoms with Gasteiger partial charge in [-0.2, -0.15) is 5.10 Å². The van der Waals surface area contributed by atoms with Crippen LogP contribution in [0.25, 0.3) is 0 Å². The van der Waals surface area contributed by atoms with Crippen molar-refractivity contribution in [1.82, 2.24) is 5.43 Å². The molecule has 0 aliphatic carbocycles. The number of benzene rings is 3. The van der Waals surface area contributed by atoms with Crippen LogP contribution >= 0.6 is 11.6 Å². The summed E-state index contributed by atoms with van der Waals surface area (Å²) in [6.45, 7) is 3.85. The zero-order valence-electron chi connectivity index (χ0n) is 22.4. The molecular formula is C29H29ClN4O7. The third-order valence-corrected chi connectivity index (χ3v) is 5.41. The van der Waals surface area contributed by atoms with E-state index in [1.54, 1.807) is 80.6 Å². The van der Waals surface area contributed by atoms with Crippen molar-refractivity contribution in [2.24, 2.45) is 5.10 Å². The molecule has 0 unspecified atom stereocenters. The van der Waals surface area contributed by atoms with Crippen LogP contribution in [0.4, 0.5) is 11.4 Å². The molecule has 0 aromatic heterocycles. The molecule has 0 heterocycles. The largest absolute Gasteiger partial charge is 0.490 e. The molecule has 0 atom stereocenters. The average molecular weight is 581 g/mol. The van der Waals surface area contributed by atoms with Gasteiger partial charge >= 0.3 is 5.97 Å². The van der Waals surface area contributed by atoms with Gasteiger partial charge in [-0.05, 0) is 86.1 Å². The van der Waals surface area contributed by atoms with Gasteiger partial charge in [0.05, 0.1) is 25.0 Å². The Morgan fingerprint density at radius 1 is 0.780 bits per heavy atom. The van der Waals surface area contributed by atoms with Crippen molar-refractivity contribution in [2.75, 3.05) is 30.5 Å². The second-order valence-corrected chi connectivity index (χ2v) is 8.74. The highest BCUT2D eigenvalue weighted by atomic mass is 35.5. The number of esters is 1. The third-order valence-electron chi connectivity index (χ3n) is 5.16. The molecule has 0 aliphatic rings. The zero-order chi connectivity index (χ0) is 29.6. The SMILES string of the molecule is CCOC(=O)c1ccc(NC(=O)COc2ccc(C=NNC(=O)CC(=O)Nc3ccc(Cl)cc3)cc2OCC)cc1. The Bertz CT molecular complexity index is 1390. The number of ether oxygens (including phenoxy) is 3. The van der Waals surface area contributed by atoms with E-state index in [4.69, 9.17) is 25.8 Å². The van der Waals surface area contributed by atoms with Crippen LogP contribution in [0.15, 0.2) is 71.8 Å². The van der Waals surface area contributed by atoms with Crippen molar-refractivity contribution >= 4 is 52.9 Å². The van der Waals surface area contributed by atoms with Crippen LogP contribution in [-0.4, -0.2) is 49.7 Å². The van der Waals surface area contributed by atoms with E-state index in [2.05, 4.69) is 21.2 Å². The summed E-state index contributed by atoms with van der Waals surface area (Å²) in [5.74, 6) is -1.25. The average Bonchev–Trinajstić information content (AvgIpc) is 2.94. The first kappa shape index (κ1) is 30.6. The molecule has 0 fully saturated rings. The molecule has 3 N–H and O–H groups in total. The Balaban J connectivity index is 1.50. The number of nitrogens with one attached hydrogen (secondary N) is 3. The molecule has 3 amide bonds. The van der Waals surface area contributed by atoms with Crippen LogP contribution in [0.1, 0.15) is 36.2 Å². The molecular weight excluding hydrogens is 552 g/mol. The monoisotopic (exact) mass is 580 g/mol. The van der Waals surface area contributed by atoms with Crippen LogP contribution in [0.3, 0.4) is 0 Å². The normalized spacial score (nSPS) is 10.5. The summed E-state index contributed by atoms with van der Waals surface area (Å²) in [5.41, 5.74) is 4.27. The van der Waals surface area contributed by atoms with Gasteiger partial charge in [0.1, 0.15) is 6.42 Å². The molecule has 3 rings (SSSR count). The van der Waals surface area contributed by atoms with Gasteiger partial charge in [0.25, 0.3) is 5.91 Å². The summed E-state index contributed by atoms with van der Waals surface area (Å²) in [7, 11) is 0. The summed E-state index contributed by atoms with van der Waals surface area (Å²) in [4.78, 5) is 48.2. The molecule has 41 heavy (non-hydrogen) atoms. The fraction of sp³-hybridized carbons (Fsp3) is 0.207. The van der Waals surface area contributed by atoms with E-state index in [0.29, 0.717) is 45.6 Å². The molecule has 11 nitrogen and oxygen atoms in total. The molecule has 0 saturated heterocycles. The quantitative estimate of drug-likeness (QED) is 0.117. The molecule has 12 heteroatoms. The number of carbonyl (C=O) groups is 4. The van der Waals surface area contributed by atoms with Crippen molar-refractivity contribution in [3.8, 4) is 11.5 Å². The lowest BCUT2D eigenvalue weighted by molar-refractivity contribution is -0.126. The van der Waals surface area contributed by atoms with Crippen LogP contribution in [0, 0.1) is 0 Å². The van der Waals surface area contributed by atoms with Crippen LogP contribution in [0.5, 0.6) is 11.5 Å². The predicted molar refractivity (Wildman–Crippen MR) is 155 cm³/mol. The van der Waals surface area contributed by atoms with E-state index in [0.717, 1.165) is 0 Å². The van der Waals surface area contributed by atoms with E-state index in [1.807, 2.05) is 0 Å². The van der Waals surface area contributed by atoms with Crippen molar-refractivity contribution < 1.29 is 33.4 Å². The Morgan fingerprint density at radius 3 is 2.10 bits per heavy atom. The second-order valence-electron chi connectivity index (χ2n) is 8.30. The molecule has 0 radical (unpaired) electrons. The van der Waals surface area contributed by atoms with Gasteiger partial charge in [-0.25, -0.2) is 10.2 Å². The van der Waals surface area contributed by atoms with E-state index >= 15 is 0 Å². The Hall–Kier alpha value is -4.90. The molecule has 0 aliphatic heterocycles. The Labute approximate surface area is 241 Å². The van der Waals surface area contributed by atoms with E-state index in [-0.39, 0.29) is 13.2 Å². The summed E-state index contributed by atoms with van der Waals surface area (Å²) < 4.78 is 16.2. The smallest absolute Gasteiger partial charge is 0.338 e. The molecule has 0 bridgehead atoms. The first-order valence-corrected chi connectivity index (χ1v) is 13.0. The highest BCUT2D eigenvalue weighted by Crippen LogP contribution is 2.28. The zero-order valence-corrected chi connectivity index (χ0v) is 23.2. The number of carbonyl (C=O) groups excluding carboxylic acids is 4. The third kappa shape index (κ3) is 10.3. The Kier molecular flexibility index (Phi) is 11.7. The minimum Gasteiger partial charge on any atom is -0.490 e. The van der Waals surface area contributed by atoms with Gasteiger partial charge in [-0.3, -0.25) is 14.4 Å². The number of rotatable bonds is 13. The highest BCUT2D eigenvalue weighted by Gasteiger charge is 2.12. The lowest BCUT2D eigenvalue weighted by Crippen LogP contribution is -2.24. The summed E-state index contributed by atoms with van der Waals surface area (Å²) in [5, 5.41) is 9.69. The topological polar surface area (TPSA) is 144 Å². The number of hydrogen-bond acceptors (Lipinski definition) is 8. The standard InChI is InChI=1S/C29H29ClN4O7/c1-3-39-25-15-19(17-31-34-27(36)16-26(35)32-23-12-8-21(30)9-13-23)5-14-24(25)41-18-28(37)33-22-10-6-20(7-11-22)29(38)40-4-2/h5-15,17H,3-4,16,18H2,1-2H3,(H,32,35)(H,33,37)(H,34,36). The maximum Gasteiger partial charge on any atom is 0.338 e. The van der Waals surface area contributed by atoms with Gasteiger partial charge in [0.15, 0.2) is 18.1 Å². The Morgan fingerprint density at radius 2 is 1.44 bits per heavy atom. The van der Waals surface area contributed by atoms with E-state index in [1.165, 1.54) is 6.21 Å². The van der Waals surface area contributed by atoms with Crippen LogP contribution in [0.2, 0.25) is 5.02 Å². The highest BCUT2D eigenvalue weighted by molar-refractivity contribution is 6.30. The molecule has 3 aromatic rings. The lowest BCUT2D eigenvalue weighted by atomic mass is 10.2. The van der Waals surface area contributed by atoms with Gasteiger partial charge in [-0.1, -0.05) is 11.6 Å². The van der Waals surface area contributed by atoms with Crippen molar-refractivity contribution in [2.45, 2.75) is 20.3 Å². The fourth-order valence-corrected chi connectivity index (χ4v) is 3.47. The summed E-state index contributed by atoms with van der Waals surface area (Å²) >= 11 is 5.82. The van der Waals surface area contributed by atoms with Crippen molar-refractivity contribution in [3.05, 3.63) is 82.9 Å². The summed E-state index contributed by atoms with van der Waals surface area (Å²) in [6, 6.07) is 17.7. The minimum absolute atomic E-state index is 0.273. The van der Waals surface area contributed by atoms with Crippen molar-refractivity contribution in [3.63, 3.8) is 0 Å². The molecule has 214 valence electrons. The molecule has 0 saturated carbocycles. The predicted octanol–water partition coefficient (Wildman–Crippen LogP) is 4.41. The van der Waals surface area contributed by atoms with Gasteiger partial charge in [0.2, 0.25) is 11.8 Å². The summed E-state index contributed by atoms with van der Waals surface area (Å²) in [6.07, 6.45) is 0.961. The molecule has 3 aromatic carbocycles. The van der Waals surface area contributed by atoms with Crippen LogP contribution < -0.4 is 25.5 Å². The van der Waals surface area contributed by atoms with Gasteiger partial charge in [-0.15, -0.1) is 0 Å². The van der Waals surface area contributed by atoms with Gasteiger partial charge in [0, 0.05) is 16.4 Å². The number of hydrazone groups is 1. The van der Waals surface area contributed by atoms with E-state index < -0.39 is 30.1 Å². The van der Waals surface area contributed by atoms with Gasteiger partial charge < -0.3 is 24.8 Å². The number of nitrogens with zero attached hydrogens (tertiary/aromatic N) is 1. The first-order valence-electron chi connectivity index (χ1n) is 12.6. The maximum absolute atomic E-state index is 12.4.